The fourth-order valence-electron chi connectivity index (χ4n) is 4.73. The van der Waals surface area contributed by atoms with Crippen molar-refractivity contribution in [3.8, 4) is 11.5 Å². The van der Waals surface area contributed by atoms with Crippen LogP contribution in [0.1, 0.15) is 57.1 Å². The second kappa shape index (κ2) is 15.2. The summed E-state index contributed by atoms with van der Waals surface area (Å²) in [7, 11) is 1.37. The van der Waals surface area contributed by atoms with Crippen LogP contribution in [0.15, 0.2) is 42.6 Å². The van der Waals surface area contributed by atoms with E-state index in [1.165, 1.54) is 19.4 Å². The monoisotopic (exact) mass is 584 g/mol. The van der Waals surface area contributed by atoms with Gasteiger partial charge in [-0.25, -0.2) is 9.78 Å². The first-order valence-electron chi connectivity index (χ1n) is 14.1. The van der Waals surface area contributed by atoms with E-state index in [0.29, 0.717) is 12.8 Å². The summed E-state index contributed by atoms with van der Waals surface area (Å²) in [5.74, 6) is -3.43. The van der Waals surface area contributed by atoms with E-state index in [-0.39, 0.29) is 34.9 Å². The number of nitrogens with zero attached hydrogens (tertiary/aromatic N) is 1. The molecule has 228 valence electrons. The van der Waals surface area contributed by atoms with E-state index >= 15 is 0 Å². The average molecular weight is 585 g/mol. The molecule has 1 aromatic carbocycles. The number of benzene rings is 1. The Morgan fingerprint density at radius 3 is 2.43 bits per heavy atom. The summed E-state index contributed by atoms with van der Waals surface area (Å²) in [6.45, 7) is 8.27. The predicted molar refractivity (Wildman–Crippen MR) is 152 cm³/mol. The first-order chi connectivity index (χ1) is 20.0. The molecule has 42 heavy (non-hydrogen) atoms. The first kappa shape index (κ1) is 32.4. The third-order valence-electron chi connectivity index (χ3n) is 6.93. The van der Waals surface area contributed by atoms with Gasteiger partial charge < -0.3 is 29.0 Å². The first-order valence-corrected chi connectivity index (χ1v) is 14.1. The molecule has 1 saturated heterocycles. The Morgan fingerprint density at radius 2 is 1.79 bits per heavy atom. The van der Waals surface area contributed by atoms with Crippen molar-refractivity contribution in [3.63, 3.8) is 0 Å². The molecule has 1 N–H and O–H groups in total. The van der Waals surface area contributed by atoms with E-state index < -0.39 is 55.3 Å². The Balaban J connectivity index is 1.82. The third kappa shape index (κ3) is 8.67. The van der Waals surface area contributed by atoms with Gasteiger partial charge in [-0.15, -0.1) is 0 Å². The molecule has 0 aliphatic carbocycles. The molecule has 4 atom stereocenters. The van der Waals surface area contributed by atoms with Gasteiger partial charge in [0.15, 0.2) is 23.2 Å². The van der Waals surface area contributed by atoms with Gasteiger partial charge in [0.1, 0.15) is 12.7 Å². The molecule has 1 aliphatic heterocycles. The minimum atomic E-state index is -1.31. The maximum atomic E-state index is 13.4. The summed E-state index contributed by atoms with van der Waals surface area (Å²) in [5.41, 5.74) is 0.744. The van der Waals surface area contributed by atoms with Crippen LogP contribution < -0.4 is 14.8 Å². The maximum Gasteiger partial charge on any atom is 0.332 e. The lowest BCUT2D eigenvalue weighted by atomic mass is 9.78. The van der Waals surface area contributed by atoms with Crippen molar-refractivity contribution in [1.82, 2.24) is 10.3 Å². The topological polar surface area (TPSA) is 139 Å². The molecule has 0 spiro atoms. The van der Waals surface area contributed by atoms with Gasteiger partial charge in [0.2, 0.25) is 6.79 Å². The van der Waals surface area contributed by atoms with Crippen molar-refractivity contribution < 1.29 is 42.9 Å². The number of esters is 3. The fourth-order valence-corrected chi connectivity index (χ4v) is 4.73. The minimum absolute atomic E-state index is 0.0872. The number of amides is 1. The molecule has 11 heteroatoms. The lowest BCUT2D eigenvalue weighted by Crippen LogP contribution is -2.46. The van der Waals surface area contributed by atoms with Gasteiger partial charge in [0, 0.05) is 18.2 Å². The van der Waals surface area contributed by atoms with Crippen LogP contribution in [0.4, 0.5) is 0 Å². The number of aromatic nitrogens is 1. The third-order valence-corrected chi connectivity index (χ3v) is 6.93. The van der Waals surface area contributed by atoms with Crippen molar-refractivity contribution in [2.45, 2.75) is 59.6 Å². The Labute approximate surface area is 246 Å². The van der Waals surface area contributed by atoms with Crippen LogP contribution in [0, 0.1) is 23.7 Å². The van der Waals surface area contributed by atoms with Gasteiger partial charge in [-0.3, -0.25) is 14.4 Å². The number of methoxy groups -OCH3 is 1. The van der Waals surface area contributed by atoms with Crippen LogP contribution in [-0.4, -0.2) is 61.5 Å². The van der Waals surface area contributed by atoms with Crippen molar-refractivity contribution in [2.75, 3.05) is 20.5 Å². The fraction of sp³-hybridized carbons (Fsp3) is 0.516. The number of hydrogen-bond acceptors (Lipinski definition) is 10. The molecule has 0 saturated carbocycles. The number of ether oxygens (including phenoxy) is 5. The van der Waals surface area contributed by atoms with E-state index in [1.54, 1.807) is 20.8 Å². The van der Waals surface area contributed by atoms with Gasteiger partial charge >= 0.3 is 17.9 Å². The number of cyclic esters (lactones) is 2. The molecule has 0 radical (unpaired) electrons. The number of hydrogen-bond donors (Lipinski definition) is 1. The minimum Gasteiger partial charge on any atom is -0.493 e. The summed E-state index contributed by atoms with van der Waals surface area (Å²) < 4.78 is 27.3. The molecular formula is C31H40N2O9. The summed E-state index contributed by atoms with van der Waals surface area (Å²) in [6.07, 6.45) is 1.76. The highest BCUT2D eigenvalue weighted by Crippen LogP contribution is 2.32. The molecule has 1 aromatic heterocycles. The standard InChI is InChI=1S/C31H40N2O9/c1-18(2)14-22-20(5)42-31(37)24(16-39-30(36)23(22)15-21-10-8-7-9-11-21)33-28(34)26-27(25(38-6)12-13-32-26)40-17-41-29(35)19(3)4/h7-13,18-20,22-24H,14-17H2,1-6H3,(H,33,34)/t20-,22-,23+,24-/m0/s1. The highest BCUT2D eigenvalue weighted by atomic mass is 16.7. The molecule has 3 rings (SSSR count). The zero-order valence-corrected chi connectivity index (χ0v) is 25.0. The number of nitrogens with one attached hydrogen (secondary N) is 1. The largest absolute Gasteiger partial charge is 0.493 e. The van der Waals surface area contributed by atoms with Gasteiger partial charge in [-0.1, -0.05) is 58.0 Å². The quantitative estimate of drug-likeness (QED) is 0.236. The summed E-state index contributed by atoms with van der Waals surface area (Å²) in [5, 5.41) is 2.55. The Morgan fingerprint density at radius 1 is 1.07 bits per heavy atom. The van der Waals surface area contributed by atoms with Gasteiger partial charge in [0.25, 0.3) is 5.91 Å². The Bertz CT molecular complexity index is 1230. The number of carbonyl (C=O) groups is 4. The van der Waals surface area contributed by atoms with Crippen molar-refractivity contribution >= 4 is 23.8 Å². The maximum absolute atomic E-state index is 13.4. The lowest BCUT2D eigenvalue weighted by Gasteiger charge is -2.30. The molecule has 0 bridgehead atoms. The van der Waals surface area contributed by atoms with E-state index in [9.17, 15) is 19.2 Å². The van der Waals surface area contributed by atoms with Crippen molar-refractivity contribution in [1.29, 1.82) is 0 Å². The molecule has 2 aromatic rings. The van der Waals surface area contributed by atoms with E-state index in [4.69, 9.17) is 23.7 Å². The van der Waals surface area contributed by atoms with Gasteiger partial charge in [-0.05, 0) is 31.2 Å². The van der Waals surface area contributed by atoms with E-state index in [2.05, 4.69) is 10.3 Å². The smallest absolute Gasteiger partial charge is 0.332 e. The molecule has 1 fully saturated rings. The van der Waals surface area contributed by atoms with Crippen molar-refractivity contribution in [2.24, 2.45) is 23.7 Å². The number of carbonyl (C=O) groups excluding carboxylic acids is 4. The molecular weight excluding hydrogens is 544 g/mol. The Hall–Kier alpha value is -4.15. The van der Waals surface area contributed by atoms with Crippen LogP contribution in [0.5, 0.6) is 11.5 Å². The normalized spacial score (nSPS) is 21.0. The number of rotatable bonds is 11. The molecule has 2 heterocycles. The lowest BCUT2D eigenvalue weighted by molar-refractivity contribution is -0.155. The Kier molecular flexibility index (Phi) is 11.7. The molecule has 1 aliphatic rings. The van der Waals surface area contributed by atoms with Crippen LogP contribution in [0.3, 0.4) is 0 Å². The summed E-state index contributed by atoms with van der Waals surface area (Å²) in [6, 6.07) is 9.75. The zero-order valence-electron chi connectivity index (χ0n) is 25.0. The average Bonchev–Trinajstić information content (AvgIpc) is 2.99. The second-order valence-corrected chi connectivity index (χ2v) is 11.0. The zero-order chi connectivity index (χ0) is 30.8. The second-order valence-electron chi connectivity index (χ2n) is 11.0. The van der Waals surface area contributed by atoms with E-state index in [1.807, 2.05) is 44.2 Å². The molecule has 0 unspecified atom stereocenters. The van der Waals surface area contributed by atoms with Gasteiger partial charge in [0.05, 0.1) is 18.9 Å². The molecule has 11 nitrogen and oxygen atoms in total. The van der Waals surface area contributed by atoms with Crippen LogP contribution in [0.25, 0.3) is 0 Å². The van der Waals surface area contributed by atoms with Crippen molar-refractivity contribution in [3.05, 3.63) is 53.9 Å². The predicted octanol–water partition coefficient (Wildman–Crippen LogP) is 3.73. The highest BCUT2D eigenvalue weighted by Gasteiger charge is 2.40. The summed E-state index contributed by atoms with van der Waals surface area (Å²) >= 11 is 0. The number of pyridine rings is 1. The van der Waals surface area contributed by atoms with Crippen LogP contribution >= 0.6 is 0 Å². The summed E-state index contributed by atoms with van der Waals surface area (Å²) in [4.78, 5) is 56.0. The van der Waals surface area contributed by atoms with Crippen LogP contribution in [-0.2, 0) is 35.0 Å². The van der Waals surface area contributed by atoms with Crippen LogP contribution in [0.2, 0.25) is 0 Å². The van der Waals surface area contributed by atoms with E-state index in [0.717, 1.165) is 5.56 Å². The van der Waals surface area contributed by atoms with Gasteiger partial charge in [-0.2, -0.15) is 0 Å². The SMILES string of the molecule is COc1ccnc(C(=O)N[C@H]2COC(=O)[C@H](Cc3ccccc3)[C@@H](CC(C)C)[C@H](C)OC2=O)c1OCOC(=O)C(C)C. The molecule has 1 amide bonds. The highest BCUT2D eigenvalue weighted by molar-refractivity contribution is 5.98.